The molecule has 0 saturated heterocycles. The second-order valence-electron chi connectivity index (χ2n) is 4.32. The third-order valence-electron chi connectivity index (χ3n) is 2.87. The van der Waals surface area contributed by atoms with Gasteiger partial charge in [0, 0.05) is 23.8 Å². The lowest BCUT2D eigenvalue weighted by molar-refractivity contribution is -0.384. The van der Waals surface area contributed by atoms with Crippen LogP contribution in [-0.4, -0.2) is 18.0 Å². The van der Waals surface area contributed by atoms with Crippen molar-refractivity contribution >= 4 is 17.2 Å². The molecule has 1 aromatic heterocycles. The van der Waals surface area contributed by atoms with Crippen molar-refractivity contribution in [3.8, 4) is 11.3 Å². The summed E-state index contributed by atoms with van der Waals surface area (Å²) < 4.78 is 10.2. The molecule has 0 unspecified atom stereocenters. The number of ether oxygens (including phenoxy) is 1. The number of methoxy groups -OCH3 is 1. The monoisotopic (exact) mass is 287 g/mol. The summed E-state index contributed by atoms with van der Waals surface area (Å²) in [6.07, 6.45) is 1.32. The third kappa shape index (κ3) is 3.36. The van der Waals surface area contributed by atoms with E-state index in [1.165, 1.54) is 25.3 Å². The van der Waals surface area contributed by atoms with Gasteiger partial charge in [0.2, 0.25) is 0 Å². The van der Waals surface area contributed by atoms with Gasteiger partial charge < -0.3 is 9.15 Å². The Morgan fingerprint density at radius 1 is 1.33 bits per heavy atom. The van der Waals surface area contributed by atoms with Crippen LogP contribution < -0.4 is 0 Å². The summed E-state index contributed by atoms with van der Waals surface area (Å²) in [6.45, 7) is 1.72. The Morgan fingerprint density at radius 2 is 2.10 bits per heavy atom. The van der Waals surface area contributed by atoms with Crippen LogP contribution in [0.3, 0.4) is 0 Å². The number of carbonyl (C=O) groups is 1. The Balaban J connectivity index is 2.32. The highest BCUT2D eigenvalue weighted by molar-refractivity contribution is 5.90. The lowest BCUT2D eigenvalue weighted by Gasteiger charge is -1.99. The summed E-state index contributed by atoms with van der Waals surface area (Å²) in [6, 6.07) is 9.55. The zero-order chi connectivity index (χ0) is 15.4. The van der Waals surface area contributed by atoms with Crippen molar-refractivity contribution in [1.82, 2.24) is 0 Å². The molecule has 1 aromatic carbocycles. The minimum Gasteiger partial charge on any atom is -0.466 e. The molecule has 6 heteroatoms. The summed E-state index contributed by atoms with van der Waals surface area (Å²) in [5.41, 5.74) is 1.20. The first-order chi connectivity index (χ1) is 10.0. The molecule has 0 saturated carbocycles. The van der Waals surface area contributed by atoms with Crippen LogP contribution in [0.1, 0.15) is 12.7 Å². The SMILES string of the molecule is COC(=O)/C=C(\C)c1ccc(-c2cccc([N+](=O)[O-])c2)o1. The number of hydrogen-bond donors (Lipinski definition) is 0. The van der Waals surface area contributed by atoms with Crippen LogP contribution in [0.25, 0.3) is 16.9 Å². The van der Waals surface area contributed by atoms with Gasteiger partial charge in [-0.2, -0.15) is 0 Å². The van der Waals surface area contributed by atoms with Crippen LogP contribution >= 0.6 is 0 Å². The molecule has 0 bridgehead atoms. The quantitative estimate of drug-likeness (QED) is 0.372. The van der Waals surface area contributed by atoms with E-state index >= 15 is 0 Å². The van der Waals surface area contributed by atoms with Crippen molar-refractivity contribution in [2.75, 3.05) is 7.11 Å². The van der Waals surface area contributed by atoms with E-state index in [0.717, 1.165) is 0 Å². The van der Waals surface area contributed by atoms with E-state index in [0.29, 0.717) is 22.7 Å². The number of benzene rings is 1. The average molecular weight is 287 g/mol. The number of nitro benzene ring substituents is 1. The number of rotatable bonds is 4. The van der Waals surface area contributed by atoms with Gasteiger partial charge in [-0.1, -0.05) is 12.1 Å². The van der Waals surface area contributed by atoms with Gasteiger partial charge in [-0.3, -0.25) is 10.1 Å². The summed E-state index contributed by atoms with van der Waals surface area (Å²) in [4.78, 5) is 21.5. The fourth-order valence-electron chi connectivity index (χ4n) is 1.78. The van der Waals surface area contributed by atoms with E-state index in [1.54, 1.807) is 31.2 Å². The van der Waals surface area contributed by atoms with Gasteiger partial charge in [0.1, 0.15) is 11.5 Å². The number of non-ortho nitro benzene ring substituents is 1. The van der Waals surface area contributed by atoms with Gasteiger partial charge in [0.15, 0.2) is 0 Å². The molecule has 0 fully saturated rings. The number of nitro groups is 1. The molecule has 2 aromatic rings. The Kier molecular flexibility index (Phi) is 4.18. The topological polar surface area (TPSA) is 82.6 Å². The number of hydrogen-bond acceptors (Lipinski definition) is 5. The summed E-state index contributed by atoms with van der Waals surface area (Å²) in [5.74, 6) is 0.522. The van der Waals surface area contributed by atoms with Crippen LogP contribution in [0.2, 0.25) is 0 Å². The van der Waals surface area contributed by atoms with E-state index < -0.39 is 10.9 Å². The van der Waals surface area contributed by atoms with Gasteiger partial charge in [-0.05, 0) is 24.6 Å². The highest BCUT2D eigenvalue weighted by Gasteiger charge is 2.11. The maximum Gasteiger partial charge on any atom is 0.330 e. The molecular weight excluding hydrogens is 274 g/mol. The van der Waals surface area contributed by atoms with E-state index in [4.69, 9.17) is 4.42 Å². The van der Waals surface area contributed by atoms with Crippen molar-refractivity contribution in [3.63, 3.8) is 0 Å². The highest BCUT2D eigenvalue weighted by atomic mass is 16.6. The molecule has 0 amide bonds. The van der Waals surface area contributed by atoms with E-state index in [2.05, 4.69) is 4.74 Å². The summed E-state index contributed by atoms with van der Waals surface area (Å²) >= 11 is 0. The molecule has 0 aliphatic carbocycles. The Labute approximate surface area is 120 Å². The summed E-state index contributed by atoms with van der Waals surface area (Å²) in [7, 11) is 1.29. The van der Waals surface area contributed by atoms with Crippen LogP contribution in [-0.2, 0) is 9.53 Å². The molecule has 21 heavy (non-hydrogen) atoms. The van der Waals surface area contributed by atoms with Crippen LogP contribution in [0, 0.1) is 10.1 Å². The lowest BCUT2D eigenvalue weighted by atomic mass is 10.1. The number of carbonyl (C=O) groups excluding carboxylic acids is 1. The van der Waals surface area contributed by atoms with Gasteiger partial charge in [-0.25, -0.2) is 4.79 Å². The predicted octanol–water partition coefficient (Wildman–Crippen LogP) is 3.43. The van der Waals surface area contributed by atoms with Gasteiger partial charge in [0.25, 0.3) is 5.69 Å². The van der Waals surface area contributed by atoms with Crippen LogP contribution in [0.15, 0.2) is 46.9 Å². The Morgan fingerprint density at radius 3 is 2.76 bits per heavy atom. The normalized spacial score (nSPS) is 11.2. The van der Waals surface area contributed by atoms with Crippen molar-refractivity contribution in [1.29, 1.82) is 0 Å². The maximum absolute atomic E-state index is 11.2. The Hall–Kier alpha value is -2.89. The fourth-order valence-corrected chi connectivity index (χ4v) is 1.78. The smallest absolute Gasteiger partial charge is 0.330 e. The zero-order valence-electron chi connectivity index (χ0n) is 11.5. The van der Waals surface area contributed by atoms with Gasteiger partial charge in [0.05, 0.1) is 12.0 Å². The molecule has 0 radical (unpaired) electrons. The lowest BCUT2D eigenvalue weighted by Crippen LogP contribution is -1.95. The average Bonchev–Trinajstić information content (AvgIpc) is 2.97. The largest absolute Gasteiger partial charge is 0.466 e. The zero-order valence-corrected chi connectivity index (χ0v) is 11.5. The van der Waals surface area contributed by atoms with Crippen LogP contribution in [0.4, 0.5) is 5.69 Å². The number of esters is 1. The maximum atomic E-state index is 11.2. The first-order valence-corrected chi connectivity index (χ1v) is 6.12. The summed E-state index contributed by atoms with van der Waals surface area (Å²) in [5, 5.41) is 10.8. The number of nitrogens with zero attached hydrogens (tertiary/aromatic N) is 1. The van der Waals surface area contributed by atoms with Crippen molar-refractivity contribution in [3.05, 3.63) is 58.3 Å². The molecule has 2 rings (SSSR count). The second-order valence-corrected chi connectivity index (χ2v) is 4.32. The first kappa shape index (κ1) is 14.5. The van der Waals surface area contributed by atoms with Crippen molar-refractivity contribution in [2.24, 2.45) is 0 Å². The van der Waals surface area contributed by atoms with Crippen molar-refractivity contribution in [2.45, 2.75) is 6.92 Å². The predicted molar refractivity (Wildman–Crippen MR) is 76.5 cm³/mol. The molecule has 6 nitrogen and oxygen atoms in total. The minimum atomic E-state index is -0.471. The third-order valence-corrected chi connectivity index (χ3v) is 2.87. The van der Waals surface area contributed by atoms with Crippen LogP contribution in [0.5, 0.6) is 0 Å². The van der Waals surface area contributed by atoms with Gasteiger partial charge >= 0.3 is 5.97 Å². The molecule has 1 heterocycles. The molecule has 0 spiro atoms. The molecule has 108 valence electrons. The second kappa shape index (κ2) is 6.04. The standard InChI is InChI=1S/C15H13NO5/c1-10(8-15(17)20-2)13-6-7-14(21-13)11-4-3-5-12(9-11)16(18)19/h3-9H,1-2H3/b10-8+. The first-order valence-electron chi connectivity index (χ1n) is 6.12. The Bertz CT molecular complexity index is 714. The minimum absolute atomic E-state index is 0.00715. The molecule has 0 aliphatic rings. The number of allylic oxidation sites excluding steroid dienone is 1. The highest BCUT2D eigenvalue weighted by Crippen LogP contribution is 2.28. The molecule has 0 atom stereocenters. The van der Waals surface area contributed by atoms with Crippen molar-refractivity contribution < 1.29 is 18.9 Å². The van der Waals surface area contributed by atoms with E-state index in [1.807, 2.05) is 0 Å². The fraction of sp³-hybridized carbons (Fsp3) is 0.133. The van der Waals surface area contributed by atoms with Gasteiger partial charge in [-0.15, -0.1) is 0 Å². The van der Waals surface area contributed by atoms with E-state index in [9.17, 15) is 14.9 Å². The molecule has 0 N–H and O–H groups in total. The molecule has 0 aliphatic heterocycles. The molecular formula is C15H13NO5. The number of furan rings is 1. The van der Waals surface area contributed by atoms with E-state index in [-0.39, 0.29) is 5.69 Å².